The molecule has 0 N–H and O–H groups in total. The molecular formula is C17H21N5O2S. The van der Waals surface area contributed by atoms with Crippen molar-refractivity contribution in [3.05, 3.63) is 36.0 Å². The van der Waals surface area contributed by atoms with Crippen LogP contribution >= 0.6 is 11.8 Å². The van der Waals surface area contributed by atoms with Crippen LogP contribution in [0.4, 0.5) is 0 Å². The number of rotatable bonds is 4. The van der Waals surface area contributed by atoms with Gasteiger partial charge >= 0.3 is 0 Å². The van der Waals surface area contributed by atoms with E-state index in [0.717, 1.165) is 30.2 Å². The van der Waals surface area contributed by atoms with Crippen LogP contribution in [0, 0.1) is 0 Å². The molecule has 132 valence electrons. The fourth-order valence-electron chi connectivity index (χ4n) is 3.38. The minimum atomic E-state index is -0.0569. The molecule has 7 nitrogen and oxygen atoms in total. The van der Waals surface area contributed by atoms with E-state index >= 15 is 0 Å². The molecule has 4 heterocycles. The Morgan fingerprint density at radius 2 is 2.28 bits per heavy atom. The number of carbonyl (C=O) groups excluding carboxylic acids is 1. The van der Waals surface area contributed by atoms with Crippen molar-refractivity contribution in [2.45, 2.75) is 44.2 Å². The molecule has 25 heavy (non-hydrogen) atoms. The molecule has 1 fully saturated rings. The molecule has 1 amide bonds. The molecule has 1 saturated heterocycles. The number of pyridine rings is 1. The molecule has 0 radical (unpaired) electrons. The summed E-state index contributed by atoms with van der Waals surface area (Å²) in [7, 11) is 0. The number of aromatic nitrogens is 4. The molecule has 0 bridgehead atoms. The predicted molar refractivity (Wildman–Crippen MR) is 94.2 cm³/mol. The predicted octanol–water partition coefficient (Wildman–Crippen LogP) is 2.05. The molecule has 0 spiro atoms. The van der Waals surface area contributed by atoms with Gasteiger partial charge in [-0.1, -0.05) is 6.07 Å². The minimum Gasteiger partial charge on any atom is -0.469 e. The van der Waals surface area contributed by atoms with Gasteiger partial charge in [-0.05, 0) is 31.6 Å². The van der Waals surface area contributed by atoms with E-state index < -0.39 is 0 Å². The number of hydrogen-bond acceptors (Lipinski definition) is 6. The number of ether oxygens (including phenoxy) is 1. The summed E-state index contributed by atoms with van der Waals surface area (Å²) in [6.45, 7) is 3.75. The van der Waals surface area contributed by atoms with Crippen LogP contribution in [-0.2, 0) is 17.9 Å². The van der Waals surface area contributed by atoms with E-state index in [1.165, 1.54) is 0 Å². The normalized spacial score (nSPS) is 22.7. The van der Waals surface area contributed by atoms with E-state index in [2.05, 4.69) is 19.7 Å². The number of carbonyl (C=O) groups is 1. The minimum absolute atomic E-state index is 0.0569. The lowest BCUT2D eigenvalue weighted by atomic mass is 10.1. The molecule has 0 aromatic carbocycles. The molecule has 4 rings (SSSR count). The second-order valence-corrected chi connectivity index (χ2v) is 7.60. The standard InChI is InChI=1S/C17H21N5O2S/c1-12-16-20-19-14(11-24-15-6-2-3-7-18-15)22(16)9-8-21(12)17(23)13-5-4-10-25-13/h2-3,6-7,12-13H,4-5,8-11H2,1H3/t12-,13-/m1/s1. The lowest BCUT2D eigenvalue weighted by Crippen LogP contribution is -2.44. The van der Waals surface area contributed by atoms with Crippen molar-refractivity contribution in [3.63, 3.8) is 0 Å². The van der Waals surface area contributed by atoms with Crippen LogP contribution in [0.25, 0.3) is 0 Å². The first-order chi connectivity index (χ1) is 12.2. The summed E-state index contributed by atoms with van der Waals surface area (Å²) < 4.78 is 7.76. The third-order valence-corrected chi connectivity index (χ3v) is 6.10. The van der Waals surface area contributed by atoms with Crippen LogP contribution in [0.1, 0.15) is 37.5 Å². The highest BCUT2D eigenvalue weighted by molar-refractivity contribution is 8.00. The van der Waals surface area contributed by atoms with Crippen molar-refractivity contribution in [2.75, 3.05) is 12.3 Å². The van der Waals surface area contributed by atoms with Gasteiger partial charge in [0.05, 0.1) is 11.3 Å². The van der Waals surface area contributed by atoms with Crippen molar-refractivity contribution < 1.29 is 9.53 Å². The second-order valence-electron chi connectivity index (χ2n) is 6.29. The average Bonchev–Trinajstić information content (AvgIpc) is 3.31. The first kappa shape index (κ1) is 16.4. The molecule has 2 aromatic heterocycles. The van der Waals surface area contributed by atoms with Gasteiger partial charge in [-0.15, -0.1) is 22.0 Å². The second kappa shape index (κ2) is 7.03. The lowest BCUT2D eigenvalue weighted by Gasteiger charge is -2.35. The quantitative estimate of drug-likeness (QED) is 0.832. The van der Waals surface area contributed by atoms with Crippen molar-refractivity contribution in [3.8, 4) is 5.88 Å². The fourth-order valence-corrected chi connectivity index (χ4v) is 4.61. The number of fused-ring (bicyclic) bond motifs is 1. The summed E-state index contributed by atoms with van der Waals surface area (Å²) in [4.78, 5) is 18.9. The summed E-state index contributed by atoms with van der Waals surface area (Å²) in [5.74, 6) is 3.51. The first-order valence-electron chi connectivity index (χ1n) is 8.62. The molecule has 2 aliphatic rings. The van der Waals surface area contributed by atoms with Gasteiger partial charge in [-0.2, -0.15) is 0 Å². The first-order valence-corrected chi connectivity index (χ1v) is 9.67. The lowest BCUT2D eigenvalue weighted by molar-refractivity contribution is -0.134. The highest BCUT2D eigenvalue weighted by atomic mass is 32.2. The van der Waals surface area contributed by atoms with Crippen LogP contribution < -0.4 is 4.74 Å². The maximum absolute atomic E-state index is 12.8. The van der Waals surface area contributed by atoms with Crippen molar-refractivity contribution >= 4 is 17.7 Å². The largest absolute Gasteiger partial charge is 0.469 e. The van der Waals surface area contributed by atoms with Crippen molar-refractivity contribution in [1.82, 2.24) is 24.6 Å². The Hall–Kier alpha value is -2.09. The van der Waals surface area contributed by atoms with Crippen molar-refractivity contribution in [1.29, 1.82) is 0 Å². The Morgan fingerprint density at radius 1 is 1.36 bits per heavy atom. The van der Waals surface area contributed by atoms with Crippen LogP contribution in [0.3, 0.4) is 0 Å². The van der Waals surface area contributed by atoms with Gasteiger partial charge in [-0.3, -0.25) is 4.79 Å². The summed E-state index contributed by atoms with van der Waals surface area (Å²) in [6, 6.07) is 5.49. The highest BCUT2D eigenvalue weighted by Gasteiger charge is 2.35. The number of hydrogen-bond donors (Lipinski definition) is 0. The smallest absolute Gasteiger partial charge is 0.236 e. The van der Waals surface area contributed by atoms with Gasteiger partial charge in [0.2, 0.25) is 11.8 Å². The summed E-state index contributed by atoms with van der Waals surface area (Å²) in [5, 5.41) is 8.71. The van der Waals surface area contributed by atoms with Gasteiger partial charge in [0.25, 0.3) is 0 Å². The Morgan fingerprint density at radius 3 is 3.04 bits per heavy atom. The van der Waals surface area contributed by atoms with E-state index in [4.69, 9.17) is 4.74 Å². The average molecular weight is 359 g/mol. The maximum Gasteiger partial charge on any atom is 0.236 e. The molecule has 0 unspecified atom stereocenters. The van der Waals surface area contributed by atoms with E-state index in [1.54, 1.807) is 18.0 Å². The van der Waals surface area contributed by atoms with E-state index in [0.29, 0.717) is 25.6 Å². The number of nitrogens with zero attached hydrogens (tertiary/aromatic N) is 5. The number of amides is 1. The molecule has 0 saturated carbocycles. The zero-order valence-electron chi connectivity index (χ0n) is 14.2. The molecule has 2 aromatic rings. The SMILES string of the molecule is C[C@@H]1c2nnc(COc3ccccn3)n2CCN1C(=O)[C@H]1CCCS1. The van der Waals surface area contributed by atoms with Crippen LogP contribution in [0.5, 0.6) is 5.88 Å². The summed E-state index contributed by atoms with van der Waals surface area (Å²) in [6.07, 6.45) is 3.82. The number of thioether (sulfide) groups is 1. The Balaban J connectivity index is 1.46. The Labute approximate surface area is 150 Å². The summed E-state index contributed by atoms with van der Waals surface area (Å²) >= 11 is 1.78. The van der Waals surface area contributed by atoms with Crippen LogP contribution in [-0.4, -0.2) is 48.1 Å². The van der Waals surface area contributed by atoms with Crippen molar-refractivity contribution in [2.24, 2.45) is 0 Å². The monoisotopic (exact) mass is 359 g/mol. The Kier molecular flexibility index (Phi) is 4.61. The molecule has 8 heteroatoms. The topological polar surface area (TPSA) is 73.1 Å². The van der Waals surface area contributed by atoms with Crippen LogP contribution in [0.2, 0.25) is 0 Å². The van der Waals surface area contributed by atoms with E-state index in [-0.39, 0.29) is 17.2 Å². The highest BCUT2D eigenvalue weighted by Crippen LogP contribution is 2.32. The van der Waals surface area contributed by atoms with Gasteiger partial charge < -0.3 is 14.2 Å². The molecule has 2 atom stereocenters. The van der Waals surface area contributed by atoms with E-state index in [1.807, 2.05) is 30.0 Å². The van der Waals surface area contributed by atoms with Gasteiger partial charge in [-0.25, -0.2) is 4.98 Å². The van der Waals surface area contributed by atoms with Crippen LogP contribution in [0.15, 0.2) is 24.4 Å². The summed E-state index contributed by atoms with van der Waals surface area (Å²) in [5.41, 5.74) is 0. The van der Waals surface area contributed by atoms with Gasteiger partial charge in [0.15, 0.2) is 11.6 Å². The molecule has 0 aliphatic carbocycles. The maximum atomic E-state index is 12.8. The van der Waals surface area contributed by atoms with Gasteiger partial charge in [0.1, 0.15) is 6.61 Å². The van der Waals surface area contributed by atoms with E-state index in [9.17, 15) is 4.79 Å². The zero-order valence-corrected chi connectivity index (χ0v) is 15.0. The zero-order chi connectivity index (χ0) is 17.2. The fraction of sp³-hybridized carbons (Fsp3) is 0.529. The third kappa shape index (κ3) is 3.22. The molecule has 2 aliphatic heterocycles. The molecular weight excluding hydrogens is 338 g/mol. The third-order valence-electron chi connectivity index (χ3n) is 4.74. The van der Waals surface area contributed by atoms with Gasteiger partial charge in [0, 0.05) is 25.4 Å². The Bertz CT molecular complexity index is 745.